The smallest absolute Gasteiger partial charge is 0.374 e. The number of allylic oxidation sites excluding steroid dienone is 3. The summed E-state index contributed by atoms with van der Waals surface area (Å²) in [5, 5.41) is 0. The number of hydrogen-bond donors (Lipinski definition) is 0. The molecule has 0 aromatic carbocycles. The summed E-state index contributed by atoms with van der Waals surface area (Å²) < 4.78 is 9.69. The summed E-state index contributed by atoms with van der Waals surface area (Å²) in [6, 6.07) is 1.14. The molecule has 0 aromatic heterocycles. The molecule has 20 heavy (non-hydrogen) atoms. The van der Waals surface area contributed by atoms with Crippen LogP contribution in [0.2, 0.25) is 25.7 Å². The van der Waals surface area contributed by atoms with Crippen LogP contribution in [0.5, 0.6) is 0 Å². The van der Waals surface area contributed by atoms with Crippen molar-refractivity contribution in [3.8, 4) is 0 Å². The van der Waals surface area contributed by atoms with Gasteiger partial charge in [-0.1, -0.05) is 31.8 Å². The fourth-order valence-corrected chi connectivity index (χ4v) is 2.26. The van der Waals surface area contributed by atoms with Crippen molar-refractivity contribution < 1.29 is 19.1 Å². The van der Waals surface area contributed by atoms with Crippen molar-refractivity contribution in [3.63, 3.8) is 0 Å². The Hall–Kier alpha value is -1.36. The van der Waals surface area contributed by atoms with E-state index >= 15 is 0 Å². The predicted molar refractivity (Wildman–Crippen MR) is 83.0 cm³/mol. The molecule has 0 unspecified atom stereocenters. The molecule has 0 N–H and O–H groups in total. The molecule has 5 heteroatoms. The summed E-state index contributed by atoms with van der Waals surface area (Å²) in [5.74, 6) is -1.12. The Balaban J connectivity index is 4.33. The van der Waals surface area contributed by atoms with Gasteiger partial charge in [-0.3, -0.25) is 4.79 Å². The van der Waals surface area contributed by atoms with Crippen LogP contribution in [0, 0.1) is 0 Å². The Bertz CT molecular complexity index is 378. The van der Waals surface area contributed by atoms with E-state index in [-0.39, 0.29) is 12.4 Å². The Morgan fingerprint density at radius 2 is 1.75 bits per heavy atom. The van der Waals surface area contributed by atoms with Gasteiger partial charge < -0.3 is 9.47 Å². The Kier molecular flexibility index (Phi) is 8.88. The fourth-order valence-electron chi connectivity index (χ4n) is 1.39. The zero-order valence-electron chi connectivity index (χ0n) is 13.2. The third-order valence-corrected chi connectivity index (χ3v) is 3.75. The highest BCUT2D eigenvalue weighted by Crippen LogP contribution is 2.10. The maximum atomic E-state index is 11.5. The normalized spacial score (nSPS) is 12.6. The lowest BCUT2D eigenvalue weighted by Gasteiger charge is -2.11. The molecule has 114 valence electrons. The molecular formula is C15H26O4Si. The quantitative estimate of drug-likeness (QED) is 0.171. The number of ether oxygens (including phenoxy) is 2. The second-order valence-corrected chi connectivity index (χ2v) is 11.2. The van der Waals surface area contributed by atoms with Crippen LogP contribution >= 0.6 is 0 Å². The lowest BCUT2D eigenvalue weighted by atomic mass is 10.2. The van der Waals surface area contributed by atoms with Gasteiger partial charge >= 0.3 is 11.9 Å². The van der Waals surface area contributed by atoms with Gasteiger partial charge in [0.05, 0.1) is 6.61 Å². The predicted octanol–water partition coefficient (Wildman–Crippen LogP) is 3.67. The Labute approximate surface area is 122 Å². The highest BCUT2D eigenvalue weighted by atomic mass is 28.3. The molecule has 4 nitrogen and oxygen atoms in total. The average Bonchev–Trinajstić information content (AvgIpc) is 2.30. The van der Waals surface area contributed by atoms with Gasteiger partial charge in [0, 0.05) is 15.0 Å². The zero-order valence-corrected chi connectivity index (χ0v) is 14.2. The molecule has 0 saturated heterocycles. The minimum Gasteiger partial charge on any atom is -0.460 e. The minimum absolute atomic E-state index is 0.0158. The van der Waals surface area contributed by atoms with Crippen LogP contribution in [0.1, 0.15) is 26.7 Å². The van der Waals surface area contributed by atoms with Crippen LogP contribution in [0.25, 0.3) is 0 Å². The van der Waals surface area contributed by atoms with E-state index in [4.69, 9.17) is 9.47 Å². The van der Waals surface area contributed by atoms with Gasteiger partial charge in [0.15, 0.2) is 0 Å². The summed E-state index contributed by atoms with van der Waals surface area (Å²) in [7, 11) is -1.04. The van der Waals surface area contributed by atoms with E-state index in [0.717, 1.165) is 12.5 Å². The highest BCUT2D eigenvalue weighted by Gasteiger charge is 2.13. The van der Waals surface area contributed by atoms with E-state index in [9.17, 15) is 9.59 Å². The molecule has 0 rings (SSSR count). The first kappa shape index (κ1) is 18.6. The highest BCUT2D eigenvalue weighted by molar-refractivity contribution is 6.76. The van der Waals surface area contributed by atoms with Crippen molar-refractivity contribution in [3.05, 3.63) is 24.0 Å². The third-order valence-electron chi connectivity index (χ3n) is 2.29. The molecule has 0 aliphatic heterocycles. The number of carbonyl (C=O) groups is 2. The molecule has 0 radical (unpaired) electrons. The van der Waals surface area contributed by atoms with Crippen LogP contribution in [-0.2, 0) is 19.1 Å². The van der Waals surface area contributed by atoms with Crippen LogP contribution < -0.4 is 0 Å². The molecule has 0 aliphatic carbocycles. The molecule has 0 atom stereocenters. The molecule has 0 saturated carbocycles. The molecule has 0 bridgehead atoms. The van der Waals surface area contributed by atoms with Crippen LogP contribution in [-0.4, -0.2) is 26.6 Å². The zero-order chi connectivity index (χ0) is 15.6. The monoisotopic (exact) mass is 298 g/mol. The second-order valence-electron chi connectivity index (χ2n) is 5.70. The SMILES string of the molecule is CCOC(=O)/C(=C\CC/C=C/C[Si](C)(C)C)OC(C)=O. The summed E-state index contributed by atoms with van der Waals surface area (Å²) in [4.78, 5) is 22.5. The maximum Gasteiger partial charge on any atom is 0.374 e. The van der Waals surface area contributed by atoms with E-state index in [1.54, 1.807) is 13.0 Å². The largest absolute Gasteiger partial charge is 0.460 e. The summed E-state index contributed by atoms with van der Waals surface area (Å²) in [6.07, 6.45) is 7.36. The molecule has 0 fully saturated rings. The van der Waals surface area contributed by atoms with Crippen molar-refractivity contribution in [1.29, 1.82) is 0 Å². The standard InChI is InChI=1S/C15H26O4Si/c1-6-18-15(17)14(19-13(2)16)11-9-7-8-10-12-20(3,4)5/h8,10-11H,6-7,9,12H2,1-5H3/b10-8+,14-11+. The van der Waals surface area contributed by atoms with E-state index < -0.39 is 20.0 Å². The summed E-state index contributed by atoms with van der Waals surface area (Å²) >= 11 is 0. The Morgan fingerprint density at radius 1 is 1.10 bits per heavy atom. The number of hydrogen-bond acceptors (Lipinski definition) is 4. The van der Waals surface area contributed by atoms with Gasteiger partial charge in [-0.25, -0.2) is 4.79 Å². The van der Waals surface area contributed by atoms with E-state index in [2.05, 4.69) is 31.8 Å². The molecule has 0 spiro atoms. The minimum atomic E-state index is -1.04. The van der Waals surface area contributed by atoms with Crippen LogP contribution in [0.4, 0.5) is 0 Å². The first-order chi connectivity index (χ1) is 9.26. The van der Waals surface area contributed by atoms with Crippen LogP contribution in [0.3, 0.4) is 0 Å². The van der Waals surface area contributed by atoms with Gasteiger partial charge in [-0.2, -0.15) is 0 Å². The Morgan fingerprint density at radius 3 is 2.25 bits per heavy atom. The van der Waals surface area contributed by atoms with Crippen molar-refractivity contribution >= 4 is 20.0 Å². The summed E-state index contributed by atoms with van der Waals surface area (Å²) in [6.45, 7) is 10.2. The van der Waals surface area contributed by atoms with Gasteiger partial charge in [0.2, 0.25) is 5.76 Å². The molecule has 0 aliphatic rings. The lowest BCUT2D eigenvalue weighted by molar-refractivity contribution is -0.150. The number of unbranched alkanes of at least 4 members (excludes halogenated alkanes) is 1. The van der Waals surface area contributed by atoms with Crippen molar-refractivity contribution in [2.45, 2.75) is 52.4 Å². The molecule has 0 heterocycles. The first-order valence-electron chi connectivity index (χ1n) is 6.97. The van der Waals surface area contributed by atoms with E-state index in [1.807, 2.05) is 0 Å². The van der Waals surface area contributed by atoms with Gasteiger partial charge in [-0.05, 0) is 31.9 Å². The second kappa shape index (κ2) is 9.53. The number of esters is 2. The van der Waals surface area contributed by atoms with Crippen LogP contribution in [0.15, 0.2) is 24.0 Å². The van der Waals surface area contributed by atoms with Gasteiger partial charge in [0.1, 0.15) is 0 Å². The maximum absolute atomic E-state index is 11.5. The van der Waals surface area contributed by atoms with Crippen molar-refractivity contribution in [2.24, 2.45) is 0 Å². The lowest BCUT2D eigenvalue weighted by Crippen LogP contribution is -2.17. The molecular weight excluding hydrogens is 272 g/mol. The fraction of sp³-hybridized carbons (Fsp3) is 0.600. The third kappa shape index (κ3) is 10.5. The number of rotatable bonds is 8. The average molecular weight is 298 g/mol. The molecule has 0 amide bonds. The van der Waals surface area contributed by atoms with Gasteiger partial charge in [0.25, 0.3) is 0 Å². The number of carbonyl (C=O) groups excluding carboxylic acids is 2. The van der Waals surface area contributed by atoms with Crippen molar-refractivity contribution in [2.75, 3.05) is 6.61 Å². The van der Waals surface area contributed by atoms with E-state index in [0.29, 0.717) is 6.42 Å². The first-order valence-corrected chi connectivity index (χ1v) is 10.7. The van der Waals surface area contributed by atoms with Crippen molar-refractivity contribution in [1.82, 2.24) is 0 Å². The molecule has 0 aromatic rings. The van der Waals surface area contributed by atoms with Gasteiger partial charge in [-0.15, -0.1) is 0 Å². The van der Waals surface area contributed by atoms with E-state index in [1.165, 1.54) is 6.92 Å². The topological polar surface area (TPSA) is 52.6 Å². The summed E-state index contributed by atoms with van der Waals surface area (Å²) in [5.41, 5.74) is 0.